The summed E-state index contributed by atoms with van der Waals surface area (Å²) in [6, 6.07) is 4.83. The van der Waals surface area contributed by atoms with Gasteiger partial charge in [0.1, 0.15) is 17.7 Å². The monoisotopic (exact) mass is 348 g/mol. The first-order chi connectivity index (χ1) is 11.5. The second-order valence-electron chi connectivity index (χ2n) is 8.11. The molecule has 0 aromatic carbocycles. The van der Waals surface area contributed by atoms with Gasteiger partial charge in [0.25, 0.3) is 0 Å². The average Bonchev–Trinajstić information content (AvgIpc) is 3.12. The Labute approximate surface area is 148 Å². The molecule has 7 heteroatoms. The first kappa shape index (κ1) is 19.1. The van der Waals surface area contributed by atoms with Gasteiger partial charge in [0.2, 0.25) is 0 Å². The first-order valence-electron chi connectivity index (χ1n) is 8.36. The smallest absolute Gasteiger partial charge is 0.320 e. The number of hydrogen-bond donors (Lipinski definition) is 3. The zero-order valence-electron chi connectivity index (χ0n) is 15.8. The molecule has 138 valence electrons. The maximum atomic E-state index is 12.2. The number of carbonyl (C=O) groups is 1. The summed E-state index contributed by atoms with van der Waals surface area (Å²) >= 11 is 0. The molecule has 2 rings (SSSR count). The molecule has 2 aromatic rings. The molecule has 2 amide bonds. The Balaban J connectivity index is 2.08. The summed E-state index contributed by atoms with van der Waals surface area (Å²) in [6.45, 7) is 12.3. The highest BCUT2D eigenvalue weighted by atomic mass is 16.4. The third kappa shape index (κ3) is 4.85. The Bertz CT molecular complexity index is 706. The highest BCUT2D eigenvalue weighted by Crippen LogP contribution is 2.28. The Morgan fingerprint density at radius 1 is 1.32 bits per heavy atom. The first-order valence-corrected chi connectivity index (χ1v) is 8.36. The van der Waals surface area contributed by atoms with Crippen LogP contribution in [0.3, 0.4) is 0 Å². The van der Waals surface area contributed by atoms with Gasteiger partial charge in [-0.2, -0.15) is 5.10 Å². The molecule has 0 spiro atoms. The van der Waals surface area contributed by atoms with Crippen LogP contribution in [0.2, 0.25) is 0 Å². The highest BCUT2D eigenvalue weighted by Gasteiger charge is 2.25. The summed E-state index contributed by atoms with van der Waals surface area (Å²) in [5.74, 6) is 1.03. The van der Waals surface area contributed by atoms with Crippen LogP contribution >= 0.6 is 0 Å². The maximum absolute atomic E-state index is 12.2. The molecule has 0 saturated heterocycles. The van der Waals surface area contributed by atoms with Crippen LogP contribution in [-0.2, 0) is 11.0 Å². The molecule has 0 aliphatic heterocycles. The zero-order valence-corrected chi connectivity index (χ0v) is 15.8. The van der Waals surface area contributed by atoms with E-state index in [2.05, 4.69) is 36.5 Å². The van der Waals surface area contributed by atoms with Crippen LogP contribution in [0.15, 0.2) is 28.9 Å². The van der Waals surface area contributed by atoms with Crippen molar-refractivity contribution >= 4 is 11.8 Å². The molecule has 7 nitrogen and oxygen atoms in total. The van der Waals surface area contributed by atoms with Crippen LogP contribution in [0.5, 0.6) is 0 Å². The molecule has 0 aliphatic carbocycles. The summed E-state index contributed by atoms with van der Waals surface area (Å²) in [6.07, 6.45) is 0.590. The largest absolute Gasteiger partial charge is 0.467 e. The van der Waals surface area contributed by atoms with Crippen molar-refractivity contribution in [1.29, 1.82) is 0 Å². The van der Waals surface area contributed by atoms with Crippen LogP contribution < -0.4 is 10.6 Å². The van der Waals surface area contributed by atoms with Gasteiger partial charge in [0.05, 0.1) is 24.0 Å². The second-order valence-corrected chi connectivity index (χ2v) is 8.11. The van der Waals surface area contributed by atoms with Crippen LogP contribution in [0, 0.1) is 0 Å². The van der Waals surface area contributed by atoms with E-state index in [1.165, 1.54) is 6.26 Å². The molecule has 0 aliphatic rings. The normalized spacial score (nSPS) is 13.6. The number of carbonyl (C=O) groups excluding carboxylic acids is 1. The van der Waals surface area contributed by atoms with E-state index < -0.39 is 12.1 Å². The van der Waals surface area contributed by atoms with E-state index in [0.29, 0.717) is 11.6 Å². The van der Waals surface area contributed by atoms with Crippen LogP contribution in [0.4, 0.5) is 10.6 Å². The number of aromatic nitrogens is 2. The molecule has 0 radical (unpaired) electrons. The number of rotatable bonds is 4. The van der Waals surface area contributed by atoms with E-state index in [-0.39, 0.29) is 17.5 Å². The number of aliphatic hydroxyl groups is 1. The lowest BCUT2D eigenvalue weighted by molar-refractivity contribution is 0.149. The number of hydrogen-bond acceptors (Lipinski definition) is 4. The van der Waals surface area contributed by atoms with Gasteiger partial charge < -0.3 is 14.8 Å². The maximum Gasteiger partial charge on any atom is 0.320 e. The van der Waals surface area contributed by atoms with Gasteiger partial charge in [-0.05, 0) is 32.9 Å². The summed E-state index contributed by atoms with van der Waals surface area (Å²) < 4.78 is 6.92. The fraction of sp³-hybridized carbons (Fsp3) is 0.556. The SMILES string of the molecule is CC(C)(C)c1cc(NC(=O)NCC(O)c2ccco2)n(C(C)(C)C)n1. The molecule has 25 heavy (non-hydrogen) atoms. The average molecular weight is 348 g/mol. The number of nitrogens with one attached hydrogen (secondary N) is 2. The van der Waals surface area contributed by atoms with Crippen LogP contribution in [0.25, 0.3) is 0 Å². The van der Waals surface area contributed by atoms with Gasteiger partial charge in [-0.25, -0.2) is 9.48 Å². The van der Waals surface area contributed by atoms with Crippen molar-refractivity contribution in [2.24, 2.45) is 0 Å². The number of nitrogens with zero attached hydrogens (tertiary/aromatic N) is 2. The predicted octanol–water partition coefficient (Wildman–Crippen LogP) is 3.38. The third-order valence-electron chi connectivity index (χ3n) is 3.68. The van der Waals surface area contributed by atoms with Gasteiger partial charge >= 0.3 is 6.03 Å². The van der Waals surface area contributed by atoms with E-state index >= 15 is 0 Å². The fourth-order valence-corrected chi connectivity index (χ4v) is 2.28. The van der Waals surface area contributed by atoms with Crippen LogP contribution in [0.1, 0.15) is 59.1 Å². The van der Waals surface area contributed by atoms with E-state index in [1.807, 2.05) is 26.8 Å². The van der Waals surface area contributed by atoms with Crippen molar-refractivity contribution < 1.29 is 14.3 Å². The lowest BCUT2D eigenvalue weighted by Gasteiger charge is -2.23. The Morgan fingerprint density at radius 3 is 2.52 bits per heavy atom. The predicted molar refractivity (Wildman–Crippen MR) is 96.6 cm³/mol. The molecule has 0 fully saturated rings. The number of furan rings is 1. The minimum absolute atomic E-state index is 0.0507. The fourth-order valence-electron chi connectivity index (χ4n) is 2.28. The zero-order chi connectivity index (χ0) is 18.8. The van der Waals surface area contributed by atoms with Crippen LogP contribution in [-0.4, -0.2) is 27.5 Å². The summed E-state index contributed by atoms with van der Waals surface area (Å²) in [5.41, 5.74) is 0.493. The van der Waals surface area contributed by atoms with Crippen molar-refractivity contribution in [2.75, 3.05) is 11.9 Å². The molecule has 1 atom stereocenters. The van der Waals surface area contributed by atoms with Crippen molar-refractivity contribution in [2.45, 2.75) is 58.6 Å². The van der Waals surface area contributed by atoms with E-state index in [9.17, 15) is 9.90 Å². The van der Waals surface area contributed by atoms with Crippen molar-refractivity contribution in [3.63, 3.8) is 0 Å². The molecule has 0 saturated carbocycles. The summed E-state index contributed by atoms with van der Waals surface area (Å²) in [4.78, 5) is 12.2. The van der Waals surface area contributed by atoms with E-state index in [0.717, 1.165) is 5.69 Å². The minimum atomic E-state index is -0.890. The Hall–Kier alpha value is -2.28. The minimum Gasteiger partial charge on any atom is -0.467 e. The lowest BCUT2D eigenvalue weighted by Crippen LogP contribution is -2.34. The van der Waals surface area contributed by atoms with E-state index in [4.69, 9.17) is 4.42 Å². The molecular weight excluding hydrogens is 320 g/mol. The molecule has 2 aromatic heterocycles. The highest BCUT2D eigenvalue weighted by molar-refractivity contribution is 5.88. The van der Waals surface area contributed by atoms with Gasteiger partial charge in [0, 0.05) is 11.5 Å². The van der Waals surface area contributed by atoms with E-state index in [1.54, 1.807) is 16.8 Å². The van der Waals surface area contributed by atoms with Crippen molar-refractivity contribution in [3.8, 4) is 0 Å². The van der Waals surface area contributed by atoms with Gasteiger partial charge in [0.15, 0.2) is 0 Å². The van der Waals surface area contributed by atoms with Crippen molar-refractivity contribution in [3.05, 3.63) is 35.9 Å². The number of amides is 2. The third-order valence-corrected chi connectivity index (χ3v) is 3.68. The Morgan fingerprint density at radius 2 is 2.00 bits per heavy atom. The van der Waals surface area contributed by atoms with Gasteiger partial charge in [-0.1, -0.05) is 20.8 Å². The molecular formula is C18H28N4O3. The lowest BCUT2D eigenvalue weighted by atomic mass is 9.92. The molecule has 3 N–H and O–H groups in total. The topological polar surface area (TPSA) is 92.3 Å². The van der Waals surface area contributed by atoms with Gasteiger partial charge in [-0.3, -0.25) is 5.32 Å². The standard InChI is InChI=1S/C18H28N4O3/c1-17(2,3)14-10-15(22(21-14)18(4,5)6)20-16(24)19-11-12(23)13-8-7-9-25-13/h7-10,12,23H,11H2,1-6H3,(H2,19,20,24). The molecule has 1 unspecified atom stereocenters. The number of aliphatic hydroxyl groups excluding tert-OH is 1. The van der Waals surface area contributed by atoms with Crippen molar-refractivity contribution in [1.82, 2.24) is 15.1 Å². The number of urea groups is 1. The quantitative estimate of drug-likeness (QED) is 0.790. The summed E-state index contributed by atoms with van der Waals surface area (Å²) in [7, 11) is 0. The second kappa shape index (κ2) is 6.92. The summed E-state index contributed by atoms with van der Waals surface area (Å²) in [5, 5.41) is 20.1. The Kier molecular flexibility index (Phi) is 5.27. The molecule has 2 heterocycles. The van der Waals surface area contributed by atoms with Gasteiger partial charge in [-0.15, -0.1) is 0 Å². The number of anilines is 1. The molecule has 0 bridgehead atoms.